The van der Waals surface area contributed by atoms with Gasteiger partial charge >= 0.3 is 5.97 Å². The van der Waals surface area contributed by atoms with E-state index in [2.05, 4.69) is 16.9 Å². The fourth-order valence-electron chi connectivity index (χ4n) is 1.56. The standard InChI is InChI=1S/C14H11O3/c1-16-17-14(15)13-9-5-8-12(10-13)11-6-3-2-4-7-11/h2-10H,1H2. The SMILES string of the molecule is [CH2]OOC(=O)c1cccc(-c2ccccc2)c1. The highest BCUT2D eigenvalue weighted by molar-refractivity contribution is 5.90. The van der Waals surface area contributed by atoms with Gasteiger partial charge in [-0.2, -0.15) is 4.89 Å². The molecule has 0 saturated carbocycles. The Morgan fingerprint density at radius 1 is 0.941 bits per heavy atom. The minimum absolute atomic E-state index is 0.426. The quantitative estimate of drug-likeness (QED) is 0.596. The van der Waals surface area contributed by atoms with Crippen molar-refractivity contribution in [2.45, 2.75) is 0 Å². The van der Waals surface area contributed by atoms with Crippen molar-refractivity contribution in [3.8, 4) is 11.1 Å². The van der Waals surface area contributed by atoms with Crippen LogP contribution in [0.3, 0.4) is 0 Å². The Morgan fingerprint density at radius 3 is 2.35 bits per heavy atom. The number of hydrogen-bond acceptors (Lipinski definition) is 3. The molecule has 0 N–H and O–H groups in total. The molecule has 0 unspecified atom stereocenters. The predicted molar refractivity (Wildman–Crippen MR) is 63.7 cm³/mol. The molecule has 2 rings (SSSR count). The van der Waals surface area contributed by atoms with Crippen LogP contribution in [0.25, 0.3) is 11.1 Å². The summed E-state index contributed by atoms with van der Waals surface area (Å²) in [5.74, 6) is -0.558. The molecule has 3 heteroatoms. The monoisotopic (exact) mass is 227 g/mol. The summed E-state index contributed by atoms with van der Waals surface area (Å²) in [5, 5.41) is 0. The van der Waals surface area contributed by atoms with Crippen LogP contribution in [0.5, 0.6) is 0 Å². The van der Waals surface area contributed by atoms with Gasteiger partial charge in [-0.25, -0.2) is 4.79 Å². The molecular formula is C14H11O3. The topological polar surface area (TPSA) is 35.5 Å². The zero-order valence-electron chi connectivity index (χ0n) is 9.13. The fourth-order valence-corrected chi connectivity index (χ4v) is 1.56. The van der Waals surface area contributed by atoms with E-state index in [0.29, 0.717) is 5.56 Å². The maximum absolute atomic E-state index is 11.4. The molecule has 0 spiro atoms. The fraction of sp³-hybridized carbons (Fsp3) is 0. The van der Waals surface area contributed by atoms with Gasteiger partial charge in [0.2, 0.25) is 0 Å². The number of carbonyl (C=O) groups excluding carboxylic acids is 1. The van der Waals surface area contributed by atoms with E-state index in [1.165, 1.54) is 0 Å². The molecule has 0 aliphatic heterocycles. The molecule has 85 valence electrons. The predicted octanol–water partition coefficient (Wildman–Crippen LogP) is 3.23. The number of carbonyl (C=O) groups is 1. The molecule has 0 heterocycles. The summed E-state index contributed by atoms with van der Waals surface area (Å²) in [4.78, 5) is 19.9. The summed E-state index contributed by atoms with van der Waals surface area (Å²) < 4.78 is 0. The van der Waals surface area contributed by atoms with Gasteiger partial charge in [0.1, 0.15) is 7.11 Å². The molecule has 3 nitrogen and oxygen atoms in total. The lowest BCUT2D eigenvalue weighted by molar-refractivity contribution is -0.195. The summed E-state index contributed by atoms with van der Waals surface area (Å²) in [6, 6.07) is 16.9. The third kappa shape index (κ3) is 2.71. The molecule has 0 fully saturated rings. The maximum atomic E-state index is 11.4. The Morgan fingerprint density at radius 2 is 1.65 bits per heavy atom. The maximum Gasteiger partial charge on any atom is 0.373 e. The molecule has 0 bridgehead atoms. The molecule has 0 amide bonds. The summed E-state index contributed by atoms with van der Waals surface area (Å²) in [6.45, 7) is 0. The molecule has 2 aromatic carbocycles. The van der Waals surface area contributed by atoms with Crippen LogP contribution in [-0.2, 0) is 9.78 Å². The van der Waals surface area contributed by atoms with Crippen molar-refractivity contribution in [3.63, 3.8) is 0 Å². The van der Waals surface area contributed by atoms with Gasteiger partial charge in [0.05, 0.1) is 5.56 Å². The van der Waals surface area contributed by atoms with Crippen LogP contribution >= 0.6 is 0 Å². The van der Waals surface area contributed by atoms with Gasteiger partial charge in [-0.15, -0.1) is 0 Å². The van der Waals surface area contributed by atoms with Gasteiger partial charge < -0.3 is 0 Å². The van der Waals surface area contributed by atoms with Crippen LogP contribution in [0, 0.1) is 7.11 Å². The Labute approximate surface area is 99.5 Å². The largest absolute Gasteiger partial charge is 0.373 e. The van der Waals surface area contributed by atoms with Gasteiger partial charge in [-0.3, -0.25) is 4.89 Å². The van der Waals surface area contributed by atoms with Crippen molar-refractivity contribution in [1.29, 1.82) is 0 Å². The smallest absolute Gasteiger partial charge is 0.293 e. The van der Waals surface area contributed by atoms with E-state index in [1.807, 2.05) is 36.4 Å². The third-order valence-corrected chi connectivity index (χ3v) is 2.34. The third-order valence-electron chi connectivity index (χ3n) is 2.34. The Kier molecular flexibility index (Phi) is 3.52. The van der Waals surface area contributed by atoms with Crippen molar-refractivity contribution in [1.82, 2.24) is 0 Å². The van der Waals surface area contributed by atoms with E-state index in [-0.39, 0.29) is 0 Å². The molecule has 17 heavy (non-hydrogen) atoms. The van der Waals surface area contributed by atoms with Crippen LogP contribution < -0.4 is 0 Å². The lowest BCUT2D eigenvalue weighted by Crippen LogP contribution is -2.03. The average molecular weight is 227 g/mol. The first-order valence-corrected chi connectivity index (χ1v) is 5.10. The zero-order chi connectivity index (χ0) is 12.1. The van der Waals surface area contributed by atoms with Crippen molar-refractivity contribution in [2.24, 2.45) is 0 Å². The molecule has 0 aliphatic rings. The molecule has 0 aliphatic carbocycles. The van der Waals surface area contributed by atoms with Gasteiger partial charge in [0, 0.05) is 0 Å². The van der Waals surface area contributed by atoms with E-state index < -0.39 is 5.97 Å². The average Bonchev–Trinajstić information content (AvgIpc) is 2.40. The molecule has 2 aromatic rings. The van der Waals surface area contributed by atoms with Gasteiger partial charge in [0.25, 0.3) is 0 Å². The number of benzene rings is 2. The second-order valence-corrected chi connectivity index (χ2v) is 3.44. The summed E-state index contributed by atoms with van der Waals surface area (Å²) in [5.41, 5.74) is 2.41. The van der Waals surface area contributed by atoms with Crippen LogP contribution in [0.1, 0.15) is 10.4 Å². The molecule has 0 saturated heterocycles. The van der Waals surface area contributed by atoms with E-state index in [4.69, 9.17) is 0 Å². The highest BCUT2D eigenvalue weighted by atomic mass is 17.2. The second-order valence-electron chi connectivity index (χ2n) is 3.44. The summed E-state index contributed by atoms with van der Waals surface area (Å²) >= 11 is 0. The zero-order valence-corrected chi connectivity index (χ0v) is 9.13. The summed E-state index contributed by atoms with van der Waals surface area (Å²) in [7, 11) is 2.99. The first-order chi connectivity index (χ1) is 8.31. The lowest BCUT2D eigenvalue weighted by atomic mass is 10.0. The molecule has 0 atom stereocenters. The van der Waals surface area contributed by atoms with Crippen LogP contribution in [0.4, 0.5) is 0 Å². The lowest BCUT2D eigenvalue weighted by Gasteiger charge is -2.04. The van der Waals surface area contributed by atoms with Crippen LogP contribution in [0.15, 0.2) is 54.6 Å². The van der Waals surface area contributed by atoms with Gasteiger partial charge in [-0.05, 0) is 23.3 Å². The highest BCUT2D eigenvalue weighted by Gasteiger charge is 2.08. The van der Waals surface area contributed by atoms with Crippen molar-refractivity contribution < 1.29 is 14.6 Å². The second kappa shape index (κ2) is 5.27. The van der Waals surface area contributed by atoms with Crippen molar-refractivity contribution in [3.05, 3.63) is 67.3 Å². The van der Waals surface area contributed by atoms with Gasteiger partial charge in [-0.1, -0.05) is 42.5 Å². The molecule has 1 radical (unpaired) electrons. The van der Waals surface area contributed by atoms with E-state index in [0.717, 1.165) is 11.1 Å². The van der Waals surface area contributed by atoms with E-state index in [9.17, 15) is 4.79 Å². The Balaban J connectivity index is 2.32. The Hall–Kier alpha value is -2.13. The summed E-state index contributed by atoms with van der Waals surface area (Å²) in [6.07, 6.45) is 0. The van der Waals surface area contributed by atoms with Crippen molar-refractivity contribution >= 4 is 5.97 Å². The minimum Gasteiger partial charge on any atom is -0.293 e. The van der Waals surface area contributed by atoms with Crippen LogP contribution in [0.2, 0.25) is 0 Å². The molecule has 0 aromatic heterocycles. The first-order valence-electron chi connectivity index (χ1n) is 5.10. The van der Waals surface area contributed by atoms with Crippen molar-refractivity contribution in [2.75, 3.05) is 0 Å². The molecular weight excluding hydrogens is 216 g/mol. The van der Waals surface area contributed by atoms with Gasteiger partial charge in [0.15, 0.2) is 0 Å². The van der Waals surface area contributed by atoms with E-state index >= 15 is 0 Å². The minimum atomic E-state index is -0.558. The van der Waals surface area contributed by atoms with Crippen LogP contribution in [-0.4, -0.2) is 5.97 Å². The first kappa shape index (κ1) is 11.4. The Bertz CT molecular complexity index is 506. The normalized spacial score (nSPS) is 9.94. The number of hydrogen-bond donors (Lipinski definition) is 0. The number of rotatable bonds is 3. The van der Waals surface area contributed by atoms with E-state index in [1.54, 1.807) is 18.2 Å². The highest BCUT2D eigenvalue weighted by Crippen LogP contribution is 2.20.